The van der Waals surface area contributed by atoms with Gasteiger partial charge in [-0.25, -0.2) is 19.0 Å². The van der Waals surface area contributed by atoms with Crippen LogP contribution in [0.15, 0.2) is 128 Å². The molecule has 0 N–H and O–H groups in total. The molecule has 0 unspecified atom stereocenters. The van der Waals surface area contributed by atoms with E-state index in [1.54, 1.807) is 0 Å². The maximum absolute atomic E-state index is 5.11. The number of nitrogens with zero attached hydrogens (tertiary/aromatic N) is 5. The molecule has 0 bridgehead atoms. The maximum atomic E-state index is 5.11. The molecule has 4 aromatic heterocycles. The second-order valence-corrected chi connectivity index (χ2v) is 9.21. The third-order valence-corrected chi connectivity index (χ3v) is 6.61. The van der Waals surface area contributed by atoms with Gasteiger partial charge in [-0.2, -0.15) is 0 Å². The average molecular weight is 737 g/mol. The Morgan fingerprint density at radius 3 is 2.26 bits per heavy atom. The number of hydrogen-bond acceptors (Lipinski definition) is 2. The topological polar surface area (TPSA) is 29.9 Å². The van der Waals surface area contributed by atoms with Crippen molar-refractivity contribution in [2.75, 3.05) is 4.90 Å². The van der Waals surface area contributed by atoms with Gasteiger partial charge in [0.25, 0.3) is 0 Å². The minimum atomic E-state index is 0. The maximum Gasteiger partial charge on any atom is 0.234 e. The van der Waals surface area contributed by atoms with Crippen LogP contribution < -0.4 is 9.47 Å². The Bertz CT molecular complexity index is 1700. The van der Waals surface area contributed by atoms with Gasteiger partial charge in [-0.3, -0.25) is 0 Å². The molecule has 0 fully saturated rings. The van der Waals surface area contributed by atoms with Crippen LogP contribution in [0.4, 0.5) is 17.3 Å². The van der Waals surface area contributed by atoms with Gasteiger partial charge in [0.15, 0.2) is 5.82 Å². The Morgan fingerprint density at radius 1 is 0.881 bits per heavy atom. The van der Waals surface area contributed by atoms with Crippen molar-refractivity contribution in [3.63, 3.8) is 0 Å². The molecule has 0 aliphatic carbocycles. The van der Waals surface area contributed by atoms with Gasteiger partial charge >= 0.3 is 0 Å². The van der Waals surface area contributed by atoms with Crippen molar-refractivity contribution in [2.24, 2.45) is 7.05 Å². The minimum Gasteiger partial charge on any atom is -0.429 e. The number of allylic oxidation sites excluding steroid dienone is 1. The van der Waals surface area contributed by atoms with Gasteiger partial charge in [0, 0.05) is 33.2 Å². The van der Waals surface area contributed by atoms with Gasteiger partial charge in [-0.05, 0) is 49.7 Å². The first-order valence-electron chi connectivity index (χ1n) is 14.2. The second kappa shape index (κ2) is 15.7. The predicted octanol–water partition coefficient (Wildman–Crippen LogP) is 8.83. The SMILES string of the molecule is C=CCC.CC.Cc1cccn1-c1cccc(N(c2ccccc2)c2cccc(-n3[c-]cc4ccccc43)n2)[n+]1C.[Pt]. The van der Waals surface area contributed by atoms with E-state index in [0.717, 1.165) is 46.3 Å². The number of fused-ring (bicyclic) bond motifs is 1. The van der Waals surface area contributed by atoms with Gasteiger partial charge < -0.3 is 4.57 Å². The van der Waals surface area contributed by atoms with Crippen LogP contribution in [0.5, 0.6) is 0 Å². The van der Waals surface area contributed by atoms with Crippen molar-refractivity contribution < 1.29 is 25.6 Å². The summed E-state index contributed by atoms with van der Waals surface area (Å²) in [6, 6.07) is 37.3. The van der Waals surface area contributed by atoms with Gasteiger partial charge in [-0.1, -0.05) is 87.1 Å². The Hall–Kier alpha value is -4.21. The van der Waals surface area contributed by atoms with Crippen LogP contribution in [0.25, 0.3) is 22.5 Å². The fourth-order valence-corrected chi connectivity index (χ4v) is 4.58. The number of pyridine rings is 2. The third-order valence-electron chi connectivity index (χ3n) is 6.61. The van der Waals surface area contributed by atoms with Gasteiger partial charge in [0.1, 0.15) is 5.69 Å². The van der Waals surface area contributed by atoms with E-state index in [0.29, 0.717) is 0 Å². The van der Waals surface area contributed by atoms with E-state index in [4.69, 9.17) is 4.98 Å². The van der Waals surface area contributed by atoms with E-state index < -0.39 is 0 Å². The standard InChI is InChI=1S/C30H25N5.C4H8.C2H6.Pt/c1-23-11-10-21-33(23)29-18-9-19-30(32(29)2)35(25-13-4-3-5-14-25)28-17-8-16-27(31-28)34-22-20-24-12-6-7-15-26(24)34;1-3-4-2;1-2;/h3-21H,1-2H3;3H,1,4H2,2H3;1-2H3;. The molecule has 2 aromatic carbocycles. The van der Waals surface area contributed by atoms with Crippen LogP contribution in [-0.4, -0.2) is 14.1 Å². The summed E-state index contributed by atoms with van der Waals surface area (Å²) in [5.41, 5.74) is 3.30. The number of hydrogen-bond donors (Lipinski definition) is 0. The number of para-hydroxylation sites is 2. The number of rotatable bonds is 6. The Morgan fingerprint density at radius 2 is 1.57 bits per heavy atom. The van der Waals surface area contributed by atoms with Crippen LogP contribution in [0.3, 0.4) is 0 Å². The molecular weight excluding hydrogens is 698 g/mol. The van der Waals surface area contributed by atoms with Crippen molar-refractivity contribution >= 4 is 28.2 Å². The molecule has 0 saturated heterocycles. The van der Waals surface area contributed by atoms with E-state index in [9.17, 15) is 0 Å². The first-order chi connectivity index (χ1) is 20.1. The number of benzene rings is 2. The molecule has 6 rings (SSSR count). The molecule has 6 heteroatoms. The van der Waals surface area contributed by atoms with E-state index in [-0.39, 0.29) is 21.1 Å². The molecule has 218 valence electrons. The summed E-state index contributed by atoms with van der Waals surface area (Å²) >= 11 is 0. The molecule has 0 saturated carbocycles. The predicted molar refractivity (Wildman–Crippen MR) is 172 cm³/mol. The van der Waals surface area contributed by atoms with Crippen LogP contribution in [0.2, 0.25) is 0 Å². The molecule has 4 heterocycles. The molecule has 5 nitrogen and oxygen atoms in total. The third kappa shape index (κ3) is 6.98. The van der Waals surface area contributed by atoms with E-state index in [1.807, 2.05) is 54.8 Å². The number of aromatic nitrogens is 4. The largest absolute Gasteiger partial charge is 0.429 e. The molecule has 0 radical (unpaired) electrons. The van der Waals surface area contributed by atoms with Crippen molar-refractivity contribution in [1.82, 2.24) is 14.1 Å². The summed E-state index contributed by atoms with van der Waals surface area (Å²) in [4.78, 5) is 7.30. The van der Waals surface area contributed by atoms with E-state index in [1.165, 1.54) is 5.69 Å². The molecule has 0 spiro atoms. The summed E-state index contributed by atoms with van der Waals surface area (Å²) < 4.78 is 6.41. The molecule has 0 amide bonds. The monoisotopic (exact) mass is 736 g/mol. The summed E-state index contributed by atoms with van der Waals surface area (Å²) in [7, 11) is 2.09. The van der Waals surface area contributed by atoms with Crippen LogP contribution in [-0.2, 0) is 28.1 Å². The molecule has 0 atom stereocenters. The van der Waals surface area contributed by atoms with Crippen LogP contribution in [0, 0.1) is 13.1 Å². The van der Waals surface area contributed by atoms with Gasteiger partial charge in [0.05, 0.1) is 24.8 Å². The second-order valence-electron chi connectivity index (χ2n) is 9.21. The van der Waals surface area contributed by atoms with Crippen molar-refractivity contribution in [1.29, 1.82) is 0 Å². The molecule has 0 aliphatic heterocycles. The van der Waals surface area contributed by atoms with E-state index >= 15 is 0 Å². The zero-order valence-corrected chi connectivity index (χ0v) is 27.3. The summed E-state index contributed by atoms with van der Waals surface area (Å²) in [5, 5.41) is 1.14. The van der Waals surface area contributed by atoms with Crippen LogP contribution >= 0.6 is 0 Å². The molecule has 6 aromatic rings. The first-order valence-corrected chi connectivity index (χ1v) is 14.2. The van der Waals surface area contributed by atoms with Crippen molar-refractivity contribution in [2.45, 2.75) is 34.1 Å². The molecule has 42 heavy (non-hydrogen) atoms. The van der Waals surface area contributed by atoms with Gasteiger partial charge in [0.2, 0.25) is 11.6 Å². The summed E-state index contributed by atoms with van der Waals surface area (Å²) in [6.07, 6.45) is 8.40. The van der Waals surface area contributed by atoms with Crippen molar-refractivity contribution in [3.05, 3.63) is 140 Å². The Labute approximate surface area is 264 Å². The molecule has 0 aliphatic rings. The smallest absolute Gasteiger partial charge is 0.234 e. The zero-order valence-electron chi connectivity index (χ0n) is 25.0. The fourth-order valence-electron chi connectivity index (χ4n) is 4.58. The summed E-state index contributed by atoms with van der Waals surface area (Å²) in [5.74, 6) is 3.74. The summed E-state index contributed by atoms with van der Waals surface area (Å²) in [6.45, 7) is 11.7. The minimum absolute atomic E-state index is 0. The molecular formula is C36H39N5Pt. The quantitative estimate of drug-likeness (QED) is 0.0973. The Balaban J connectivity index is 0.000000640. The fraction of sp³-hybridized carbons (Fsp3) is 0.167. The van der Waals surface area contributed by atoms with Crippen LogP contribution in [0.1, 0.15) is 32.9 Å². The first kappa shape index (κ1) is 32.3. The average Bonchev–Trinajstić information content (AvgIpc) is 3.66. The normalized spacial score (nSPS) is 10.0. The Kier molecular flexibility index (Phi) is 12.1. The van der Waals surface area contributed by atoms with Gasteiger partial charge in [-0.15, -0.1) is 24.1 Å². The van der Waals surface area contributed by atoms with E-state index in [2.05, 4.69) is 133 Å². The van der Waals surface area contributed by atoms with Crippen molar-refractivity contribution in [3.8, 4) is 11.6 Å². The number of aryl methyl sites for hydroxylation is 1. The zero-order chi connectivity index (χ0) is 29.2. The number of anilines is 3.